The number of carbonyl (C=O) groups excluding carboxylic acids is 1. The minimum atomic E-state index is -0.0119. The summed E-state index contributed by atoms with van der Waals surface area (Å²) in [6.45, 7) is 2.23. The number of para-hydroxylation sites is 1. The first-order chi connectivity index (χ1) is 11.3. The van der Waals surface area contributed by atoms with Crippen molar-refractivity contribution in [3.05, 3.63) is 42.0 Å². The summed E-state index contributed by atoms with van der Waals surface area (Å²) in [4.78, 5) is 18.7. The van der Waals surface area contributed by atoms with Crippen LogP contribution in [0.15, 0.2) is 30.6 Å². The zero-order valence-electron chi connectivity index (χ0n) is 14.0. The second kappa shape index (κ2) is 10.2. The number of H-pyrrole nitrogens is 1. The lowest BCUT2D eigenvalue weighted by Gasteiger charge is -2.37. The van der Waals surface area contributed by atoms with Crippen LogP contribution in [0.3, 0.4) is 0 Å². The quantitative estimate of drug-likeness (QED) is 0.816. The number of carbonyl (C=O) groups is 1. The minimum Gasteiger partial charge on any atom is -0.496 e. The Hall–Kier alpha value is -1.83. The molecule has 138 valence electrons. The lowest BCUT2D eigenvalue weighted by atomic mass is 10.0. The number of nitrogens with one attached hydrogen (secondary N) is 2. The number of rotatable bonds is 5. The molecule has 2 N–H and O–H groups in total. The van der Waals surface area contributed by atoms with Crippen LogP contribution >= 0.6 is 24.8 Å². The van der Waals surface area contributed by atoms with Crippen LogP contribution in [-0.2, 0) is 11.2 Å². The molecule has 1 unspecified atom stereocenters. The molecular weight excluding hydrogens is 365 g/mol. The summed E-state index contributed by atoms with van der Waals surface area (Å²) in [6.07, 6.45) is 2.45. The number of methoxy groups -OCH3 is 1. The fourth-order valence-corrected chi connectivity index (χ4v) is 2.94. The zero-order chi connectivity index (χ0) is 16.1. The highest BCUT2D eigenvalue weighted by molar-refractivity contribution is 5.85. The van der Waals surface area contributed by atoms with E-state index in [4.69, 9.17) is 4.74 Å². The van der Waals surface area contributed by atoms with Crippen molar-refractivity contribution in [2.24, 2.45) is 0 Å². The maximum Gasteiger partial charge on any atom is 0.223 e. The Morgan fingerprint density at radius 3 is 2.88 bits per heavy atom. The molecular formula is C16H23Cl2N5O2. The second-order valence-corrected chi connectivity index (χ2v) is 5.48. The Kier molecular flexibility index (Phi) is 8.68. The van der Waals surface area contributed by atoms with Gasteiger partial charge in [0.2, 0.25) is 5.91 Å². The van der Waals surface area contributed by atoms with Gasteiger partial charge in [0.15, 0.2) is 0 Å². The molecule has 9 heteroatoms. The molecule has 1 amide bonds. The number of halogens is 2. The fourth-order valence-electron chi connectivity index (χ4n) is 2.94. The first-order valence-corrected chi connectivity index (χ1v) is 7.77. The fraction of sp³-hybridized carbons (Fsp3) is 0.438. The van der Waals surface area contributed by atoms with Crippen LogP contribution in [0.2, 0.25) is 0 Å². The highest BCUT2D eigenvalue weighted by Crippen LogP contribution is 2.30. The van der Waals surface area contributed by atoms with E-state index >= 15 is 0 Å². The van der Waals surface area contributed by atoms with E-state index < -0.39 is 0 Å². The third-order valence-electron chi connectivity index (χ3n) is 4.10. The Morgan fingerprint density at radius 1 is 1.36 bits per heavy atom. The van der Waals surface area contributed by atoms with Crippen molar-refractivity contribution in [1.82, 2.24) is 25.4 Å². The van der Waals surface area contributed by atoms with Crippen molar-refractivity contribution in [3.8, 4) is 5.75 Å². The molecule has 0 spiro atoms. The van der Waals surface area contributed by atoms with Crippen molar-refractivity contribution in [2.75, 3.05) is 26.7 Å². The van der Waals surface area contributed by atoms with Gasteiger partial charge < -0.3 is 15.0 Å². The maximum absolute atomic E-state index is 12.7. The molecule has 0 radical (unpaired) electrons. The van der Waals surface area contributed by atoms with E-state index in [1.165, 1.54) is 6.33 Å². The summed E-state index contributed by atoms with van der Waals surface area (Å²) < 4.78 is 5.46. The second-order valence-electron chi connectivity index (χ2n) is 5.48. The van der Waals surface area contributed by atoms with Gasteiger partial charge in [-0.15, -0.1) is 24.8 Å². The first kappa shape index (κ1) is 21.2. The molecule has 1 aliphatic rings. The van der Waals surface area contributed by atoms with E-state index in [0.717, 1.165) is 30.2 Å². The summed E-state index contributed by atoms with van der Waals surface area (Å²) in [5.74, 6) is 1.68. The summed E-state index contributed by atoms with van der Waals surface area (Å²) in [6, 6.07) is 7.86. The van der Waals surface area contributed by atoms with E-state index in [9.17, 15) is 4.79 Å². The largest absolute Gasteiger partial charge is 0.496 e. The van der Waals surface area contributed by atoms with Gasteiger partial charge in [0, 0.05) is 38.0 Å². The van der Waals surface area contributed by atoms with Crippen LogP contribution in [-0.4, -0.2) is 52.7 Å². The molecule has 1 aromatic carbocycles. The molecule has 1 atom stereocenters. The van der Waals surface area contributed by atoms with E-state index in [2.05, 4.69) is 20.5 Å². The van der Waals surface area contributed by atoms with Gasteiger partial charge in [-0.3, -0.25) is 9.89 Å². The van der Waals surface area contributed by atoms with E-state index in [0.29, 0.717) is 19.4 Å². The summed E-state index contributed by atoms with van der Waals surface area (Å²) in [5.41, 5.74) is 1.04. The Bertz CT molecular complexity index is 654. The average Bonchev–Trinajstić information content (AvgIpc) is 3.13. The van der Waals surface area contributed by atoms with E-state index in [1.807, 2.05) is 29.2 Å². The van der Waals surface area contributed by atoms with Gasteiger partial charge in [-0.25, -0.2) is 4.98 Å². The maximum atomic E-state index is 12.7. The highest BCUT2D eigenvalue weighted by Gasteiger charge is 2.29. The van der Waals surface area contributed by atoms with Gasteiger partial charge in [0.05, 0.1) is 13.2 Å². The monoisotopic (exact) mass is 387 g/mol. The predicted octanol–water partition coefficient (Wildman–Crippen LogP) is 1.76. The minimum absolute atomic E-state index is 0. The topological polar surface area (TPSA) is 83.1 Å². The number of hydrogen-bond donors (Lipinski definition) is 2. The van der Waals surface area contributed by atoms with Gasteiger partial charge in [0.1, 0.15) is 17.9 Å². The Morgan fingerprint density at radius 2 is 2.16 bits per heavy atom. The Labute approximate surface area is 159 Å². The lowest BCUT2D eigenvalue weighted by molar-refractivity contribution is -0.134. The third kappa shape index (κ3) is 5.07. The number of aryl methyl sites for hydroxylation is 1. The molecule has 7 nitrogen and oxygen atoms in total. The van der Waals surface area contributed by atoms with Gasteiger partial charge >= 0.3 is 0 Å². The van der Waals surface area contributed by atoms with Crippen LogP contribution < -0.4 is 10.1 Å². The standard InChI is InChI=1S/C16H21N5O2.2ClH/c1-23-14-5-3-2-4-12(14)13-10-17-8-9-21(13)16(22)7-6-15-18-11-19-20-15;;/h2-5,11,13,17H,6-10H2,1H3,(H,18,19,20);2*1H. The molecule has 2 aromatic rings. The number of ether oxygens (including phenoxy) is 1. The van der Waals surface area contributed by atoms with E-state index in [1.54, 1.807) is 7.11 Å². The van der Waals surface area contributed by atoms with Crippen molar-refractivity contribution in [3.63, 3.8) is 0 Å². The smallest absolute Gasteiger partial charge is 0.223 e. The van der Waals surface area contributed by atoms with Crippen molar-refractivity contribution >= 4 is 30.7 Å². The number of aromatic nitrogens is 3. The summed E-state index contributed by atoms with van der Waals surface area (Å²) in [7, 11) is 1.66. The summed E-state index contributed by atoms with van der Waals surface area (Å²) >= 11 is 0. The van der Waals surface area contributed by atoms with Gasteiger partial charge in [0.25, 0.3) is 0 Å². The number of aromatic amines is 1. The molecule has 1 saturated heterocycles. The van der Waals surface area contributed by atoms with Crippen LogP contribution in [0.5, 0.6) is 5.75 Å². The lowest BCUT2D eigenvalue weighted by Crippen LogP contribution is -2.48. The first-order valence-electron chi connectivity index (χ1n) is 7.77. The van der Waals surface area contributed by atoms with Crippen LogP contribution in [0, 0.1) is 0 Å². The molecule has 1 fully saturated rings. The third-order valence-corrected chi connectivity index (χ3v) is 4.10. The van der Waals surface area contributed by atoms with Crippen LogP contribution in [0.1, 0.15) is 23.9 Å². The normalized spacial score (nSPS) is 16.5. The predicted molar refractivity (Wildman–Crippen MR) is 99.5 cm³/mol. The van der Waals surface area contributed by atoms with Gasteiger partial charge in [-0.2, -0.15) is 5.10 Å². The zero-order valence-corrected chi connectivity index (χ0v) is 15.6. The van der Waals surface area contributed by atoms with Crippen LogP contribution in [0.25, 0.3) is 0 Å². The number of hydrogen-bond acceptors (Lipinski definition) is 5. The van der Waals surface area contributed by atoms with Gasteiger partial charge in [-0.1, -0.05) is 18.2 Å². The molecule has 0 bridgehead atoms. The number of nitrogens with zero attached hydrogens (tertiary/aromatic N) is 3. The Balaban J connectivity index is 0.00000156. The molecule has 0 saturated carbocycles. The van der Waals surface area contributed by atoms with Crippen molar-refractivity contribution in [1.29, 1.82) is 0 Å². The molecule has 1 aliphatic heterocycles. The SMILES string of the molecule is COc1ccccc1C1CNCCN1C(=O)CCc1ncn[nH]1.Cl.Cl. The average molecular weight is 388 g/mol. The molecule has 3 rings (SSSR count). The number of piperazine rings is 1. The van der Waals surface area contributed by atoms with Crippen LogP contribution in [0.4, 0.5) is 0 Å². The van der Waals surface area contributed by atoms with Crippen molar-refractivity contribution < 1.29 is 9.53 Å². The summed E-state index contributed by atoms with van der Waals surface area (Å²) in [5, 5.41) is 9.96. The molecule has 25 heavy (non-hydrogen) atoms. The van der Waals surface area contributed by atoms with Crippen molar-refractivity contribution in [2.45, 2.75) is 18.9 Å². The molecule has 2 heterocycles. The molecule has 1 aromatic heterocycles. The van der Waals surface area contributed by atoms with E-state index in [-0.39, 0.29) is 36.8 Å². The highest BCUT2D eigenvalue weighted by atomic mass is 35.5. The number of amides is 1. The van der Waals surface area contributed by atoms with Gasteiger partial charge in [-0.05, 0) is 6.07 Å². The molecule has 0 aliphatic carbocycles. The number of benzene rings is 1.